The SMILES string of the molecule is CCc1ccc(CC(C)(O)c2ccccc2Cl)cc1. The average Bonchev–Trinajstić information content (AvgIpc) is 2.39. The third-order valence-corrected chi connectivity index (χ3v) is 3.76. The van der Waals surface area contributed by atoms with Crippen LogP contribution in [0, 0.1) is 0 Å². The van der Waals surface area contributed by atoms with Gasteiger partial charge in [0.2, 0.25) is 0 Å². The van der Waals surface area contributed by atoms with E-state index in [0.717, 1.165) is 17.5 Å². The van der Waals surface area contributed by atoms with Gasteiger partial charge in [0.15, 0.2) is 0 Å². The molecule has 1 nitrogen and oxygen atoms in total. The Morgan fingerprint density at radius 2 is 1.58 bits per heavy atom. The van der Waals surface area contributed by atoms with E-state index in [0.29, 0.717) is 11.4 Å². The Kier molecular flexibility index (Phi) is 4.28. The topological polar surface area (TPSA) is 20.2 Å². The van der Waals surface area contributed by atoms with Gasteiger partial charge in [-0.3, -0.25) is 0 Å². The van der Waals surface area contributed by atoms with Gasteiger partial charge in [0.1, 0.15) is 0 Å². The molecule has 2 heteroatoms. The van der Waals surface area contributed by atoms with Crippen molar-refractivity contribution in [3.05, 3.63) is 70.2 Å². The van der Waals surface area contributed by atoms with E-state index in [-0.39, 0.29) is 0 Å². The van der Waals surface area contributed by atoms with Gasteiger partial charge in [0.05, 0.1) is 5.60 Å². The fraction of sp³-hybridized carbons (Fsp3) is 0.294. The van der Waals surface area contributed by atoms with Gasteiger partial charge in [-0.25, -0.2) is 0 Å². The van der Waals surface area contributed by atoms with Gasteiger partial charge >= 0.3 is 0 Å². The fourth-order valence-corrected chi connectivity index (χ4v) is 2.62. The van der Waals surface area contributed by atoms with Gasteiger partial charge in [-0.1, -0.05) is 61.0 Å². The molecule has 0 aliphatic carbocycles. The van der Waals surface area contributed by atoms with Crippen molar-refractivity contribution in [1.82, 2.24) is 0 Å². The first-order valence-corrected chi connectivity index (χ1v) is 6.96. The number of halogens is 1. The summed E-state index contributed by atoms with van der Waals surface area (Å²) in [6.07, 6.45) is 1.59. The maximum atomic E-state index is 10.7. The van der Waals surface area contributed by atoms with E-state index in [1.165, 1.54) is 5.56 Å². The first-order chi connectivity index (χ1) is 9.03. The standard InChI is InChI=1S/C17H19ClO/c1-3-13-8-10-14(11-9-13)12-17(2,19)15-6-4-5-7-16(15)18/h4-11,19H,3,12H2,1-2H3. The molecule has 0 heterocycles. The normalized spacial score (nSPS) is 14.1. The first-order valence-electron chi connectivity index (χ1n) is 6.58. The van der Waals surface area contributed by atoms with Crippen molar-refractivity contribution in [3.63, 3.8) is 0 Å². The lowest BCUT2D eigenvalue weighted by Crippen LogP contribution is -2.24. The van der Waals surface area contributed by atoms with Gasteiger partial charge in [0.25, 0.3) is 0 Å². The highest BCUT2D eigenvalue weighted by Gasteiger charge is 2.25. The summed E-state index contributed by atoms with van der Waals surface area (Å²) in [5.74, 6) is 0. The maximum Gasteiger partial charge on any atom is 0.0923 e. The zero-order chi connectivity index (χ0) is 13.9. The molecular formula is C17H19ClO. The smallest absolute Gasteiger partial charge is 0.0923 e. The molecule has 1 atom stereocenters. The molecule has 1 N–H and O–H groups in total. The Morgan fingerprint density at radius 3 is 2.16 bits per heavy atom. The zero-order valence-corrected chi connectivity index (χ0v) is 12.1. The molecule has 0 amide bonds. The van der Waals surface area contributed by atoms with Crippen LogP contribution in [0.2, 0.25) is 5.02 Å². The molecule has 2 rings (SSSR count). The van der Waals surface area contributed by atoms with Crippen LogP contribution in [0.4, 0.5) is 0 Å². The monoisotopic (exact) mass is 274 g/mol. The highest BCUT2D eigenvalue weighted by atomic mass is 35.5. The van der Waals surface area contributed by atoms with E-state index in [2.05, 4.69) is 31.2 Å². The number of aliphatic hydroxyl groups is 1. The quantitative estimate of drug-likeness (QED) is 0.879. The number of aryl methyl sites for hydroxylation is 1. The lowest BCUT2D eigenvalue weighted by Gasteiger charge is -2.25. The van der Waals surface area contributed by atoms with Crippen LogP contribution in [0.25, 0.3) is 0 Å². The van der Waals surface area contributed by atoms with Crippen LogP contribution < -0.4 is 0 Å². The molecule has 0 aromatic heterocycles. The lowest BCUT2D eigenvalue weighted by molar-refractivity contribution is 0.0577. The summed E-state index contributed by atoms with van der Waals surface area (Å²) in [5, 5.41) is 11.3. The minimum atomic E-state index is -0.952. The summed E-state index contributed by atoms with van der Waals surface area (Å²) >= 11 is 6.16. The van der Waals surface area contributed by atoms with Gasteiger partial charge in [0, 0.05) is 17.0 Å². The summed E-state index contributed by atoms with van der Waals surface area (Å²) in [6, 6.07) is 15.8. The third kappa shape index (κ3) is 3.37. The molecule has 0 radical (unpaired) electrons. The molecule has 0 fully saturated rings. The van der Waals surface area contributed by atoms with E-state index in [1.807, 2.05) is 31.2 Å². The van der Waals surface area contributed by atoms with Crippen molar-refractivity contribution in [2.45, 2.75) is 32.3 Å². The highest BCUT2D eigenvalue weighted by Crippen LogP contribution is 2.30. The molecular weight excluding hydrogens is 256 g/mol. The van der Waals surface area contributed by atoms with Crippen molar-refractivity contribution < 1.29 is 5.11 Å². The summed E-state index contributed by atoms with van der Waals surface area (Å²) < 4.78 is 0. The van der Waals surface area contributed by atoms with Crippen molar-refractivity contribution in [2.75, 3.05) is 0 Å². The van der Waals surface area contributed by atoms with Gasteiger partial charge in [-0.05, 0) is 30.5 Å². The number of benzene rings is 2. The Labute approximate surface area is 119 Å². The van der Waals surface area contributed by atoms with Crippen LogP contribution >= 0.6 is 11.6 Å². The molecule has 2 aromatic carbocycles. The van der Waals surface area contributed by atoms with Crippen LogP contribution in [0.3, 0.4) is 0 Å². The van der Waals surface area contributed by atoms with E-state index in [4.69, 9.17) is 11.6 Å². The predicted molar refractivity (Wildman–Crippen MR) is 80.5 cm³/mol. The van der Waals surface area contributed by atoms with Crippen molar-refractivity contribution in [3.8, 4) is 0 Å². The maximum absolute atomic E-state index is 10.7. The number of hydrogen-bond acceptors (Lipinski definition) is 1. The molecule has 0 aliphatic heterocycles. The highest BCUT2D eigenvalue weighted by molar-refractivity contribution is 6.31. The van der Waals surface area contributed by atoms with Crippen LogP contribution in [0.5, 0.6) is 0 Å². The van der Waals surface area contributed by atoms with Crippen molar-refractivity contribution in [2.24, 2.45) is 0 Å². The van der Waals surface area contributed by atoms with E-state index >= 15 is 0 Å². The molecule has 1 unspecified atom stereocenters. The van der Waals surface area contributed by atoms with Crippen LogP contribution in [-0.2, 0) is 18.4 Å². The lowest BCUT2D eigenvalue weighted by atomic mass is 9.89. The fourth-order valence-electron chi connectivity index (χ4n) is 2.28. The second-order valence-corrected chi connectivity index (χ2v) is 5.51. The van der Waals surface area contributed by atoms with Gasteiger partial charge in [-0.2, -0.15) is 0 Å². The minimum Gasteiger partial charge on any atom is -0.385 e. The van der Waals surface area contributed by atoms with E-state index in [9.17, 15) is 5.11 Å². The van der Waals surface area contributed by atoms with Gasteiger partial charge < -0.3 is 5.11 Å². The summed E-state index contributed by atoms with van der Waals surface area (Å²) in [4.78, 5) is 0. The molecule has 0 bridgehead atoms. The average molecular weight is 275 g/mol. The second-order valence-electron chi connectivity index (χ2n) is 5.10. The minimum absolute atomic E-state index is 0.556. The molecule has 0 saturated carbocycles. The van der Waals surface area contributed by atoms with Crippen LogP contribution in [-0.4, -0.2) is 5.11 Å². The summed E-state index contributed by atoms with van der Waals surface area (Å²) in [5.41, 5.74) is 2.24. The molecule has 0 aliphatic rings. The van der Waals surface area contributed by atoms with E-state index in [1.54, 1.807) is 0 Å². The summed E-state index contributed by atoms with van der Waals surface area (Å²) in [7, 11) is 0. The number of rotatable bonds is 4. The Balaban J connectivity index is 2.23. The van der Waals surface area contributed by atoms with Crippen LogP contribution in [0.1, 0.15) is 30.5 Å². The van der Waals surface area contributed by atoms with Crippen molar-refractivity contribution >= 4 is 11.6 Å². The zero-order valence-electron chi connectivity index (χ0n) is 11.4. The third-order valence-electron chi connectivity index (χ3n) is 3.43. The first kappa shape index (κ1) is 14.1. The van der Waals surface area contributed by atoms with Crippen molar-refractivity contribution in [1.29, 1.82) is 0 Å². The molecule has 100 valence electrons. The molecule has 0 spiro atoms. The Morgan fingerprint density at radius 1 is 1.00 bits per heavy atom. The van der Waals surface area contributed by atoms with Crippen LogP contribution in [0.15, 0.2) is 48.5 Å². The largest absolute Gasteiger partial charge is 0.385 e. The number of hydrogen-bond donors (Lipinski definition) is 1. The van der Waals surface area contributed by atoms with Gasteiger partial charge in [-0.15, -0.1) is 0 Å². The Hall–Kier alpha value is -1.31. The van der Waals surface area contributed by atoms with E-state index < -0.39 is 5.60 Å². The second kappa shape index (κ2) is 5.77. The molecule has 0 saturated heterocycles. The molecule has 2 aromatic rings. The predicted octanol–water partition coefficient (Wildman–Crippen LogP) is 4.35. The Bertz CT molecular complexity index is 543. The molecule has 19 heavy (non-hydrogen) atoms. The summed E-state index contributed by atoms with van der Waals surface area (Å²) in [6.45, 7) is 3.94.